The van der Waals surface area contributed by atoms with E-state index in [1.54, 1.807) is 27.7 Å². The van der Waals surface area contributed by atoms with E-state index in [4.69, 9.17) is 4.74 Å². The van der Waals surface area contributed by atoms with Crippen LogP contribution in [0.3, 0.4) is 0 Å². The number of hydrogen-bond donors (Lipinski definition) is 0. The molecule has 0 aliphatic heterocycles. The highest BCUT2D eigenvalue weighted by Gasteiger charge is 2.20. The number of carbonyl (C=O) groups excluding carboxylic acids is 1. The van der Waals surface area contributed by atoms with Crippen LogP contribution in [0.2, 0.25) is 0 Å². The molecule has 7 heteroatoms. The second kappa shape index (κ2) is 5.83. The summed E-state index contributed by atoms with van der Waals surface area (Å²) in [4.78, 5) is 11.5. The first-order chi connectivity index (χ1) is 7.13. The molecule has 0 rings (SSSR count). The maximum atomic E-state index is 11.5. The number of nitrogens with zero attached hydrogens (tertiary/aromatic N) is 1. The quantitative estimate of drug-likeness (QED) is 0.412. The zero-order valence-electron chi connectivity index (χ0n) is 10.1. The smallest absolute Gasteiger partial charge is 0.356 e. The summed E-state index contributed by atoms with van der Waals surface area (Å²) in [7, 11) is -3.71. The Balaban J connectivity index is 4.81. The number of carbonyl (C=O) groups is 1. The minimum absolute atomic E-state index is 0.0564. The third-order valence-electron chi connectivity index (χ3n) is 1.37. The van der Waals surface area contributed by atoms with E-state index in [0.29, 0.717) is 0 Å². The monoisotopic (exact) mass is 251 g/mol. The second-order valence-corrected chi connectivity index (χ2v) is 5.42. The molecule has 0 aromatic carbocycles. The standard InChI is InChI=1S/C9H17NO5S/c1-6(2)8(9(11)14-7(3)4)10-15-16(5,12)13/h6-7H,1-5H3/b10-8-. The Hall–Kier alpha value is -1.11. The molecule has 0 aliphatic carbocycles. The van der Waals surface area contributed by atoms with Gasteiger partial charge in [0.05, 0.1) is 12.4 Å². The van der Waals surface area contributed by atoms with Gasteiger partial charge in [-0.3, -0.25) is 4.28 Å². The SMILES string of the molecule is CC(C)OC(=O)/C(=N\OS(C)(=O)=O)C(C)C. The topological polar surface area (TPSA) is 82.0 Å². The summed E-state index contributed by atoms with van der Waals surface area (Å²) < 4.78 is 30.6. The normalized spacial score (nSPS) is 13.1. The molecular formula is C9H17NO5S. The number of hydrogen-bond acceptors (Lipinski definition) is 6. The van der Waals surface area contributed by atoms with E-state index in [2.05, 4.69) is 9.44 Å². The first kappa shape index (κ1) is 14.9. The summed E-state index contributed by atoms with van der Waals surface area (Å²) >= 11 is 0. The van der Waals surface area contributed by atoms with Crippen LogP contribution in [0.1, 0.15) is 27.7 Å². The van der Waals surface area contributed by atoms with E-state index in [-0.39, 0.29) is 17.7 Å². The van der Waals surface area contributed by atoms with E-state index in [1.807, 2.05) is 0 Å². The summed E-state index contributed by atoms with van der Waals surface area (Å²) in [5.41, 5.74) is -0.0564. The number of ether oxygens (including phenoxy) is 1. The van der Waals surface area contributed by atoms with Crippen molar-refractivity contribution in [1.82, 2.24) is 0 Å². The predicted octanol–water partition coefficient (Wildman–Crippen LogP) is 0.926. The minimum Gasteiger partial charge on any atom is -0.458 e. The summed E-state index contributed by atoms with van der Waals surface area (Å²) in [6, 6.07) is 0. The van der Waals surface area contributed by atoms with Gasteiger partial charge in [-0.2, -0.15) is 8.42 Å². The van der Waals surface area contributed by atoms with Crippen LogP contribution in [-0.2, 0) is 23.9 Å². The lowest BCUT2D eigenvalue weighted by atomic mass is 10.1. The molecule has 0 bridgehead atoms. The molecule has 0 N–H and O–H groups in total. The lowest BCUT2D eigenvalue weighted by Crippen LogP contribution is -2.26. The molecule has 0 fully saturated rings. The highest BCUT2D eigenvalue weighted by atomic mass is 32.2. The summed E-state index contributed by atoms with van der Waals surface area (Å²) in [5.74, 6) is -0.957. The zero-order chi connectivity index (χ0) is 12.9. The largest absolute Gasteiger partial charge is 0.458 e. The van der Waals surface area contributed by atoms with Crippen LogP contribution < -0.4 is 0 Å². The third-order valence-corrected chi connectivity index (χ3v) is 1.72. The van der Waals surface area contributed by atoms with Gasteiger partial charge < -0.3 is 4.74 Å². The lowest BCUT2D eigenvalue weighted by Gasteiger charge is -2.11. The molecule has 16 heavy (non-hydrogen) atoms. The first-order valence-electron chi connectivity index (χ1n) is 4.81. The van der Waals surface area contributed by atoms with Crippen LogP contribution in [0, 0.1) is 5.92 Å². The van der Waals surface area contributed by atoms with E-state index in [0.717, 1.165) is 6.26 Å². The van der Waals surface area contributed by atoms with Crippen molar-refractivity contribution in [2.75, 3.05) is 6.26 Å². The molecule has 0 atom stereocenters. The fourth-order valence-electron chi connectivity index (χ4n) is 0.761. The van der Waals surface area contributed by atoms with Crippen molar-refractivity contribution < 1.29 is 22.2 Å². The molecule has 0 saturated carbocycles. The van der Waals surface area contributed by atoms with Crippen molar-refractivity contribution >= 4 is 21.8 Å². The maximum Gasteiger partial charge on any atom is 0.356 e. The Morgan fingerprint density at radius 1 is 1.19 bits per heavy atom. The van der Waals surface area contributed by atoms with E-state index >= 15 is 0 Å². The summed E-state index contributed by atoms with van der Waals surface area (Å²) in [6.45, 7) is 6.75. The average molecular weight is 251 g/mol. The molecular weight excluding hydrogens is 234 g/mol. The van der Waals surface area contributed by atoms with Gasteiger partial charge >= 0.3 is 16.1 Å². The molecule has 0 heterocycles. The van der Waals surface area contributed by atoms with Crippen molar-refractivity contribution in [2.45, 2.75) is 33.8 Å². The molecule has 0 saturated heterocycles. The molecule has 0 aromatic rings. The molecule has 6 nitrogen and oxygen atoms in total. The fraction of sp³-hybridized carbons (Fsp3) is 0.778. The van der Waals surface area contributed by atoms with E-state index < -0.39 is 16.1 Å². The highest BCUT2D eigenvalue weighted by Crippen LogP contribution is 2.04. The Bertz CT molecular complexity index is 369. The van der Waals surface area contributed by atoms with Crippen molar-refractivity contribution in [3.05, 3.63) is 0 Å². The minimum atomic E-state index is -3.71. The maximum absolute atomic E-state index is 11.5. The Morgan fingerprint density at radius 3 is 2.00 bits per heavy atom. The third kappa shape index (κ3) is 6.39. The molecule has 0 radical (unpaired) electrons. The van der Waals surface area contributed by atoms with Gasteiger partial charge in [0.1, 0.15) is 0 Å². The van der Waals surface area contributed by atoms with E-state index in [1.165, 1.54) is 0 Å². The van der Waals surface area contributed by atoms with Gasteiger partial charge in [-0.15, -0.1) is 0 Å². The van der Waals surface area contributed by atoms with Gasteiger partial charge in [-0.1, -0.05) is 19.0 Å². The second-order valence-electron chi connectivity index (χ2n) is 3.86. The van der Waals surface area contributed by atoms with Crippen LogP contribution in [0.5, 0.6) is 0 Å². The van der Waals surface area contributed by atoms with Gasteiger partial charge in [-0.25, -0.2) is 4.79 Å². The Labute approximate surface area is 95.7 Å². The van der Waals surface area contributed by atoms with Gasteiger partial charge in [-0.05, 0) is 13.8 Å². The van der Waals surface area contributed by atoms with Gasteiger partial charge in [0.25, 0.3) is 0 Å². The van der Waals surface area contributed by atoms with Crippen molar-refractivity contribution in [3.63, 3.8) is 0 Å². The number of rotatable bonds is 5. The Kier molecular flexibility index (Phi) is 5.43. The van der Waals surface area contributed by atoms with Crippen molar-refractivity contribution in [1.29, 1.82) is 0 Å². The molecule has 0 unspecified atom stereocenters. The van der Waals surface area contributed by atoms with E-state index in [9.17, 15) is 13.2 Å². The summed E-state index contributed by atoms with van der Waals surface area (Å²) in [6.07, 6.45) is 0.553. The van der Waals surface area contributed by atoms with Crippen molar-refractivity contribution in [2.24, 2.45) is 11.1 Å². The van der Waals surface area contributed by atoms with Crippen LogP contribution in [0.4, 0.5) is 0 Å². The zero-order valence-corrected chi connectivity index (χ0v) is 10.9. The molecule has 94 valence electrons. The molecule has 0 spiro atoms. The molecule has 0 amide bonds. The van der Waals surface area contributed by atoms with Crippen LogP contribution >= 0.6 is 0 Å². The van der Waals surface area contributed by atoms with Crippen LogP contribution in [0.25, 0.3) is 0 Å². The molecule has 0 aromatic heterocycles. The van der Waals surface area contributed by atoms with Crippen LogP contribution in [-0.4, -0.2) is 32.5 Å². The number of esters is 1. The van der Waals surface area contributed by atoms with Gasteiger partial charge in [0, 0.05) is 5.92 Å². The van der Waals surface area contributed by atoms with Gasteiger partial charge in [0.2, 0.25) is 0 Å². The van der Waals surface area contributed by atoms with Gasteiger partial charge in [0.15, 0.2) is 5.71 Å². The fourth-order valence-corrected chi connectivity index (χ4v) is 0.976. The lowest BCUT2D eigenvalue weighted by molar-refractivity contribution is -0.139. The van der Waals surface area contributed by atoms with Crippen LogP contribution in [0.15, 0.2) is 5.16 Å². The predicted molar refractivity (Wildman–Crippen MR) is 59.4 cm³/mol. The number of oxime groups is 1. The first-order valence-corrected chi connectivity index (χ1v) is 6.62. The Morgan fingerprint density at radius 2 is 1.69 bits per heavy atom. The summed E-state index contributed by atoms with van der Waals surface area (Å²) in [5, 5.41) is 3.30. The van der Waals surface area contributed by atoms with Crippen molar-refractivity contribution in [3.8, 4) is 0 Å². The average Bonchev–Trinajstić information content (AvgIpc) is 1.99. The highest BCUT2D eigenvalue weighted by molar-refractivity contribution is 7.85. The molecule has 0 aliphatic rings.